The van der Waals surface area contributed by atoms with Gasteiger partial charge in [-0.1, -0.05) is 36.8 Å². The van der Waals surface area contributed by atoms with Gasteiger partial charge in [-0.25, -0.2) is 0 Å². The Morgan fingerprint density at radius 3 is 2.52 bits per heavy atom. The van der Waals surface area contributed by atoms with Crippen molar-refractivity contribution >= 4 is 0 Å². The Balaban J connectivity index is 1.90. The zero-order valence-electron chi connectivity index (χ0n) is 13.3. The summed E-state index contributed by atoms with van der Waals surface area (Å²) in [4.78, 5) is 0. The van der Waals surface area contributed by atoms with Gasteiger partial charge in [0.25, 0.3) is 0 Å². The third-order valence-corrected chi connectivity index (χ3v) is 3.91. The average Bonchev–Trinajstić information content (AvgIpc) is 2.89. The smallest absolute Gasteiger partial charge is 0.0624 e. The summed E-state index contributed by atoms with van der Waals surface area (Å²) in [6, 6.07) is 10.7. The number of aromatic nitrogens is 2. The Labute approximate surface area is 127 Å². The van der Waals surface area contributed by atoms with Crippen LogP contribution in [0.4, 0.5) is 0 Å². The van der Waals surface area contributed by atoms with E-state index < -0.39 is 0 Å². The van der Waals surface area contributed by atoms with Crippen LogP contribution < -0.4 is 0 Å². The van der Waals surface area contributed by atoms with Crippen molar-refractivity contribution in [3.63, 3.8) is 0 Å². The Morgan fingerprint density at radius 2 is 1.90 bits per heavy atom. The minimum absolute atomic E-state index is 0.307. The molecule has 1 atom stereocenters. The van der Waals surface area contributed by atoms with E-state index in [-0.39, 0.29) is 6.10 Å². The van der Waals surface area contributed by atoms with E-state index in [1.165, 1.54) is 11.1 Å². The van der Waals surface area contributed by atoms with Crippen LogP contribution in [-0.2, 0) is 25.8 Å². The highest BCUT2D eigenvalue weighted by Gasteiger charge is 2.11. The predicted octanol–water partition coefficient (Wildman–Crippen LogP) is 3.31. The van der Waals surface area contributed by atoms with Crippen molar-refractivity contribution < 1.29 is 5.11 Å². The van der Waals surface area contributed by atoms with E-state index in [4.69, 9.17) is 0 Å². The van der Waals surface area contributed by atoms with Crippen LogP contribution in [0.1, 0.15) is 42.8 Å². The summed E-state index contributed by atoms with van der Waals surface area (Å²) in [7, 11) is 0. The Kier molecular flexibility index (Phi) is 5.57. The normalized spacial score (nSPS) is 12.6. The topological polar surface area (TPSA) is 38.0 Å². The highest BCUT2D eigenvalue weighted by Crippen LogP contribution is 2.13. The van der Waals surface area contributed by atoms with Crippen LogP contribution in [0, 0.1) is 6.92 Å². The minimum atomic E-state index is -0.307. The van der Waals surface area contributed by atoms with Gasteiger partial charge in [0, 0.05) is 18.7 Å². The number of benzene rings is 1. The fourth-order valence-corrected chi connectivity index (χ4v) is 2.56. The highest BCUT2D eigenvalue weighted by atomic mass is 16.3. The molecule has 0 saturated carbocycles. The van der Waals surface area contributed by atoms with Gasteiger partial charge in [-0.2, -0.15) is 5.10 Å². The maximum absolute atomic E-state index is 10.3. The lowest BCUT2D eigenvalue weighted by molar-refractivity contribution is 0.162. The fourth-order valence-electron chi connectivity index (χ4n) is 2.56. The first-order valence-electron chi connectivity index (χ1n) is 7.91. The van der Waals surface area contributed by atoms with E-state index in [1.807, 2.05) is 4.68 Å². The van der Waals surface area contributed by atoms with Gasteiger partial charge in [0.2, 0.25) is 0 Å². The molecule has 1 heterocycles. The third kappa shape index (κ3) is 4.43. The van der Waals surface area contributed by atoms with Crippen molar-refractivity contribution in [3.8, 4) is 0 Å². The molecule has 1 aromatic heterocycles. The molecule has 1 N–H and O–H groups in total. The molecule has 114 valence electrons. The van der Waals surface area contributed by atoms with Gasteiger partial charge in [0.1, 0.15) is 0 Å². The summed E-state index contributed by atoms with van der Waals surface area (Å²) in [6.07, 6.45) is 3.03. The summed E-state index contributed by atoms with van der Waals surface area (Å²) < 4.78 is 2.01. The molecule has 2 rings (SSSR count). The van der Waals surface area contributed by atoms with Gasteiger partial charge in [0.15, 0.2) is 0 Å². The molecule has 1 unspecified atom stereocenters. The summed E-state index contributed by atoms with van der Waals surface area (Å²) >= 11 is 0. The quantitative estimate of drug-likeness (QED) is 0.848. The number of hydrogen-bond donors (Lipinski definition) is 1. The van der Waals surface area contributed by atoms with Crippen LogP contribution in [0.3, 0.4) is 0 Å². The van der Waals surface area contributed by atoms with Crippen LogP contribution in [0.15, 0.2) is 30.3 Å². The Morgan fingerprint density at radius 1 is 1.19 bits per heavy atom. The van der Waals surface area contributed by atoms with E-state index in [0.29, 0.717) is 6.42 Å². The Hall–Kier alpha value is -1.61. The largest absolute Gasteiger partial charge is 0.393 e. The average molecular weight is 286 g/mol. The molecule has 0 aliphatic rings. The van der Waals surface area contributed by atoms with Crippen LogP contribution in [0.5, 0.6) is 0 Å². The van der Waals surface area contributed by atoms with Crippen molar-refractivity contribution in [1.29, 1.82) is 0 Å². The molecule has 1 aromatic carbocycles. The van der Waals surface area contributed by atoms with Crippen LogP contribution in [0.2, 0.25) is 0 Å². The van der Waals surface area contributed by atoms with Crippen molar-refractivity contribution in [2.75, 3.05) is 0 Å². The Bertz CT molecular complexity index is 557. The van der Waals surface area contributed by atoms with E-state index in [1.54, 1.807) is 0 Å². The van der Waals surface area contributed by atoms with Crippen molar-refractivity contribution in [2.45, 2.75) is 59.1 Å². The van der Waals surface area contributed by atoms with E-state index in [2.05, 4.69) is 56.2 Å². The lowest BCUT2D eigenvalue weighted by atomic mass is 10.0. The standard InChI is InChI=1S/C18H26N2O/c1-4-16-12-17(20(5-2)19-16)13-18(21)11-10-15-8-6-14(3)7-9-15/h6-9,12,18,21H,4-5,10-11,13H2,1-3H3. The van der Waals surface area contributed by atoms with Gasteiger partial charge in [0.05, 0.1) is 11.8 Å². The van der Waals surface area contributed by atoms with E-state index in [0.717, 1.165) is 37.2 Å². The van der Waals surface area contributed by atoms with Crippen molar-refractivity contribution in [3.05, 3.63) is 52.8 Å². The van der Waals surface area contributed by atoms with Crippen LogP contribution >= 0.6 is 0 Å². The molecule has 3 nitrogen and oxygen atoms in total. The predicted molar refractivity (Wildman–Crippen MR) is 86.5 cm³/mol. The number of rotatable bonds is 7. The van der Waals surface area contributed by atoms with Gasteiger partial charge in [-0.05, 0) is 44.7 Å². The summed E-state index contributed by atoms with van der Waals surface area (Å²) in [5, 5.41) is 14.8. The number of aryl methyl sites for hydroxylation is 4. The number of nitrogens with zero attached hydrogens (tertiary/aromatic N) is 2. The number of aliphatic hydroxyl groups is 1. The van der Waals surface area contributed by atoms with Crippen molar-refractivity contribution in [1.82, 2.24) is 9.78 Å². The maximum Gasteiger partial charge on any atom is 0.0624 e. The maximum atomic E-state index is 10.3. The van der Waals surface area contributed by atoms with Crippen molar-refractivity contribution in [2.24, 2.45) is 0 Å². The molecule has 0 aliphatic carbocycles. The first-order chi connectivity index (χ1) is 10.1. The molecule has 21 heavy (non-hydrogen) atoms. The lowest BCUT2D eigenvalue weighted by Gasteiger charge is -2.11. The fraction of sp³-hybridized carbons (Fsp3) is 0.500. The molecule has 0 bridgehead atoms. The molecule has 0 aliphatic heterocycles. The van der Waals surface area contributed by atoms with Gasteiger partial charge in [-0.15, -0.1) is 0 Å². The van der Waals surface area contributed by atoms with Crippen LogP contribution in [0.25, 0.3) is 0 Å². The second kappa shape index (κ2) is 7.41. The molecule has 3 heteroatoms. The molecule has 0 amide bonds. The van der Waals surface area contributed by atoms with Gasteiger partial charge < -0.3 is 5.11 Å². The zero-order chi connectivity index (χ0) is 15.2. The second-order valence-electron chi connectivity index (χ2n) is 5.68. The molecule has 0 saturated heterocycles. The molecule has 2 aromatic rings. The van der Waals surface area contributed by atoms with Gasteiger partial charge in [-0.3, -0.25) is 4.68 Å². The second-order valence-corrected chi connectivity index (χ2v) is 5.68. The zero-order valence-corrected chi connectivity index (χ0v) is 13.3. The first kappa shape index (κ1) is 15.8. The van der Waals surface area contributed by atoms with E-state index in [9.17, 15) is 5.11 Å². The monoisotopic (exact) mass is 286 g/mol. The number of hydrogen-bond acceptors (Lipinski definition) is 2. The summed E-state index contributed by atoms with van der Waals surface area (Å²) in [5.41, 5.74) is 4.82. The minimum Gasteiger partial charge on any atom is -0.393 e. The molecule has 0 spiro atoms. The molecule has 0 radical (unpaired) electrons. The van der Waals surface area contributed by atoms with Crippen LogP contribution in [-0.4, -0.2) is 21.0 Å². The SMILES string of the molecule is CCc1cc(CC(O)CCc2ccc(C)cc2)n(CC)n1. The lowest BCUT2D eigenvalue weighted by Crippen LogP contribution is -2.15. The highest BCUT2D eigenvalue weighted by molar-refractivity contribution is 5.21. The molecule has 0 fully saturated rings. The molecular formula is C18H26N2O. The third-order valence-electron chi connectivity index (χ3n) is 3.91. The van der Waals surface area contributed by atoms with Gasteiger partial charge >= 0.3 is 0 Å². The number of aliphatic hydroxyl groups excluding tert-OH is 1. The first-order valence-corrected chi connectivity index (χ1v) is 7.91. The summed E-state index contributed by atoms with van der Waals surface area (Å²) in [5.74, 6) is 0. The molecular weight excluding hydrogens is 260 g/mol. The van der Waals surface area contributed by atoms with E-state index >= 15 is 0 Å². The summed E-state index contributed by atoms with van der Waals surface area (Å²) in [6.45, 7) is 7.16.